The molecule has 6 heteroatoms. The molecule has 0 spiro atoms. The van der Waals surface area contributed by atoms with Crippen molar-refractivity contribution >= 4 is 57.9 Å². The van der Waals surface area contributed by atoms with Crippen LogP contribution in [0, 0.1) is 5.92 Å². The lowest BCUT2D eigenvalue weighted by atomic mass is 9.72. The van der Waals surface area contributed by atoms with Crippen molar-refractivity contribution in [1.82, 2.24) is 0 Å². The Hall–Kier alpha value is -5.08. The number of hydrogen-bond donors (Lipinski definition) is 1. The molecule has 0 radical (unpaired) electrons. The summed E-state index contributed by atoms with van der Waals surface area (Å²) in [7, 11) is -4.42. The Balaban J connectivity index is 1.24. The summed E-state index contributed by atoms with van der Waals surface area (Å²) in [6, 6.07) is 60.1. The molecule has 4 nitrogen and oxygen atoms in total. The molecule has 0 aliphatic heterocycles. The van der Waals surface area contributed by atoms with E-state index in [1.165, 1.54) is 0 Å². The van der Waals surface area contributed by atoms with Crippen LogP contribution in [0.5, 0.6) is 0 Å². The molecule has 280 valence electrons. The lowest BCUT2D eigenvalue weighted by molar-refractivity contribution is -0.0129. The highest BCUT2D eigenvalue weighted by Gasteiger charge is 2.44. The SMILES string of the molecule is COCC1(O)C(c2cc(CCP(=O)(c3ccccc3)c3ccccc3)cc3ccccc23)=c2ccccc2=CC1CCP(=O)(c1ccccc1)c1ccccc1. The van der Waals surface area contributed by atoms with Crippen molar-refractivity contribution in [2.24, 2.45) is 5.92 Å². The highest BCUT2D eigenvalue weighted by molar-refractivity contribution is 7.79. The molecule has 0 bridgehead atoms. The van der Waals surface area contributed by atoms with Gasteiger partial charge in [0.1, 0.15) is 19.9 Å². The Morgan fingerprint density at radius 1 is 0.589 bits per heavy atom. The first kappa shape index (κ1) is 37.8. The summed E-state index contributed by atoms with van der Waals surface area (Å²) < 4.78 is 36.3. The molecule has 56 heavy (non-hydrogen) atoms. The topological polar surface area (TPSA) is 63.6 Å². The minimum Gasteiger partial charge on any atom is -0.382 e. The van der Waals surface area contributed by atoms with Gasteiger partial charge in [-0.3, -0.25) is 0 Å². The number of rotatable bonds is 13. The van der Waals surface area contributed by atoms with E-state index in [-0.39, 0.29) is 6.61 Å². The summed E-state index contributed by atoms with van der Waals surface area (Å²) in [4.78, 5) is 0. The van der Waals surface area contributed by atoms with Crippen LogP contribution in [0.4, 0.5) is 0 Å². The largest absolute Gasteiger partial charge is 0.382 e. The average molecular weight is 773 g/mol. The maximum absolute atomic E-state index is 15.2. The van der Waals surface area contributed by atoms with Gasteiger partial charge in [-0.1, -0.05) is 188 Å². The molecule has 1 aliphatic carbocycles. The van der Waals surface area contributed by atoms with Crippen LogP contribution in [0.15, 0.2) is 182 Å². The maximum Gasteiger partial charge on any atom is 0.143 e. The molecule has 0 saturated heterocycles. The van der Waals surface area contributed by atoms with Crippen LogP contribution in [-0.4, -0.2) is 36.7 Å². The van der Waals surface area contributed by atoms with Crippen LogP contribution in [-0.2, 0) is 20.3 Å². The summed E-state index contributed by atoms with van der Waals surface area (Å²) in [5, 5.41) is 20.6. The Morgan fingerprint density at radius 2 is 1.07 bits per heavy atom. The lowest BCUT2D eigenvalue weighted by Gasteiger charge is -2.40. The number of methoxy groups -OCH3 is 1. The van der Waals surface area contributed by atoms with Gasteiger partial charge in [0.15, 0.2) is 0 Å². The molecule has 1 N–H and O–H groups in total. The van der Waals surface area contributed by atoms with E-state index in [9.17, 15) is 5.11 Å². The first-order valence-electron chi connectivity index (χ1n) is 19.3. The van der Waals surface area contributed by atoms with Gasteiger partial charge in [0.2, 0.25) is 0 Å². The van der Waals surface area contributed by atoms with Crippen LogP contribution in [0.1, 0.15) is 17.5 Å². The zero-order valence-corrected chi connectivity index (χ0v) is 33.4. The molecule has 1 aliphatic rings. The minimum absolute atomic E-state index is 0.0502. The quantitative estimate of drug-likeness (QED) is 0.122. The van der Waals surface area contributed by atoms with Crippen LogP contribution < -0.4 is 31.7 Å². The van der Waals surface area contributed by atoms with Gasteiger partial charge in [0.25, 0.3) is 0 Å². The van der Waals surface area contributed by atoms with Crippen molar-refractivity contribution in [3.05, 3.63) is 204 Å². The van der Waals surface area contributed by atoms with E-state index in [1.807, 2.05) is 146 Å². The Kier molecular flexibility index (Phi) is 10.9. The van der Waals surface area contributed by atoms with E-state index < -0.39 is 25.8 Å². The first-order valence-corrected chi connectivity index (χ1v) is 23.1. The summed E-state index contributed by atoms with van der Waals surface area (Å²) in [6.07, 6.45) is 4.02. The number of aliphatic hydroxyl groups is 1. The molecule has 8 rings (SSSR count). The van der Waals surface area contributed by atoms with Crippen LogP contribution in [0.2, 0.25) is 0 Å². The van der Waals surface area contributed by atoms with E-state index in [2.05, 4.69) is 42.5 Å². The van der Waals surface area contributed by atoms with E-state index in [0.29, 0.717) is 25.2 Å². The molecule has 2 unspecified atom stereocenters. The first-order chi connectivity index (χ1) is 27.3. The van der Waals surface area contributed by atoms with Crippen LogP contribution >= 0.6 is 14.3 Å². The monoisotopic (exact) mass is 772 g/mol. The third-order valence-electron chi connectivity index (χ3n) is 11.4. The molecule has 2 atom stereocenters. The molecule has 0 saturated carbocycles. The maximum atomic E-state index is 15.2. The van der Waals surface area contributed by atoms with Gasteiger partial charge in [-0.05, 0) is 45.2 Å². The minimum atomic E-state index is -3.07. The lowest BCUT2D eigenvalue weighted by Crippen LogP contribution is -2.52. The summed E-state index contributed by atoms with van der Waals surface area (Å²) in [6.45, 7) is 0.0502. The van der Waals surface area contributed by atoms with Crippen molar-refractivity contribution in [3.63, 3.8) is 0 Å². The van der Waals surface area contributed by atoms with Crippen molar-refractivity contribution in [2.45, 2.75) is 18.4 Å². The number of ether oxygens (including phenoxy) is 1. The number of fused-ring (bicyclic) bond motifs is 2. The third-order valence-corrected chi connectivity index (χ3v) is 17.6. The second-order valence-corrected chi connectivity index (χ2v) is 20.7. The van der Waals surface area contributed by atoms with Gasteiger partial charge in [0.05, 0.1) is 6.61 Å². The molecular formula is C50H46O4P2. The van der Waals surface area contributed by atoms with Crippen LogP contribution in [0.3, 0.4) is 0 Å². The molecule has 7 aromatic carbocycles. The molecule has 0 heterocycles. The van der Waals surface area contributed by atoms with Gasteiger partial charge in [0, 0.05) is 52.1 Å². The van der Waals surface area contributed by atoms with E-state index in [0.717, 1.165) is 59.1 Å². The van der Waals surface area contributed by atoms with Crippen LogP contribution in [0.25, 0.3) is 22.4 Å². The highest BCUT2D eigenvalue weighted by Crippen LogP contribution is 2.48. The standard InChI is InChI=1S/C50H46O4P2/c1-54-37-50(51)41(31-33-56(53,44-24-10-4-11-25-44)45-26-12-5-13-27-45)36-40-19-15-17-29-47(40)49(50)48-35-38(34-39-18-14-16-28-46(39)48)30-32-55(52,42-20-6-2-7-21-42)43-22-8-3-9-23-43/h2-29,34-36,41,51H,30-33,37H2,1H3. The fourth-order valence-electron chi connectivity index (χ4n) is 8.56. The van der Waals surface area contributed by atoms with E-state index in [4.69, 9.17) is 4.74 Å². The van der Waals surface area contributed by atoms with Gasteiger partial charge in [-0.25, -0.2) is 0 Å². The zero-order chi connectivity index (χ0) is 38.6. The molecule has 0 amide bonds. The smallest absolute Gasteiger partial charge is 0.143 e. The normalized spacial score (nSPS) is 17.0. The summed E-state index contributed by atoms with van der Waals surface area (Å²) in [5.41, 5.74) is 1.31. The second-order valence-electron chi connectivity index (χ2n) is 14.8. The van der Waals surface area contributed by atoms with Gasteiger partial charge < -0.3 is 19.0 Å². The van der Waals surface area contributed by atoms with Gasteiger partial charge >= 0.3 is 0 Å². The molecular weight excluding hydrogens is 726 g/mol. The molecule has 0 aromatic heterocycles. The highest BCUT2D eigenvalue weighted by atomic mass is 31.2. The Labute approximate surface area is 329 Å². The third kappa shape index (κ3) is 7.20. The van der Waals surface area contributed by atoms with Crippen molar-refractivity contribution in [1.29, 1.82) is 0 Å². The van der Waals surface area contributed by atoms with Crippen molar-refractivity contribution < 1.29 is 19.0 Å². The predicted octanol–water partition coefficient (Wildman–Crippen LogP) is 7.79. The summed E-state index contributed by atoms with van der Waals surface area (Å²) >= 11 is 0. The molecule has 0 fully saturated rings. The van der Waals surface area contributed by atoms with Gasteiger partial charge in [-0.2, -0.15) is 0 Å². The fourth-order valence-corrected chi connectivity index (χ4v) is 14.0. The zero-order valence-electron chi connectivity index (χ0n) is 31.6. The number of benzene rings is 7. The Morgan fingerprint density at radius 3 is 1.62 bits per heavy atom. The fraction of sp³-hybridized carbons (Fsp3) is 0.160. The number of hydrogen-bond acceptors (Lipinski definition) is 4. The van der Waals surface area contributed by atoms with Crippen molar-refractivity contribution in [3.8, 4) is 0 Å². The second kappa shape index (κ2) is 16.2. The van der Waals surface area contributed by atoms with E-state index in [1.54, 1.807) is 7.11 Å². The Bertz CT molecular complexity index is 2590. The predicted molar refractivity (Wildman–Crippen MR) is 235 cm³/mol. The molecule has 7 aromatic rings. The number of aryl methyl sites for hydroxylation is 1. The average Bonchev–Trinajstić information content (AvgIpc) is 3.26. The summed E-state index contributed by atoms with van der Waals surface area (Å²) in [5.74, 6) is -0.410. The van der Waals surface area contributed by atoms with E-state index >= 15 is 9.13 Å². The van der Waals surface area contributed by atoms with Gasteiger partial charge in [-0.15, -0.1) is 0 Å². The van der Waals surface area contributed by atoms with Crippen molar-refractivity contribution in [2.75, 3.05) is 26.0 Å².